The van der Waals surface area contributed by atoms with Crippen LogP contribution in [0.5, 0.6) is 0 Å². The van der Waals surface area contributed by atoms with Crippen LogP contribution in [-0.4, -0.2) is 11.9 Å². The van der Waals surface area contributed by atoms with Crippen molar-refractivity contribution in [2.75, 3.05) is 4.31 Å². The molecule has 120 valence electrons. The van der Waals surface area contributed by atoms with E-state index in [2.05, 4.69) is 34.1 Å². The van der Waals surface area contributed by atoms with E-state index in [0.717, 1.165) is 10.0 Å². The molecule has 0 heterocycles. The Bertz CT molecular complexity index is 704. The van der Waals surface area contributed by atoms with Gasteiger partial charge in [0.25, 0.3) is 0 Å². The van der Waals surface area contributed by atoms with Gasteiger partial charge in [-0.2, -0.15) is 0 Å². The molecule has 7 heteroatoms. The highest BCUT2D eigenvalue weighted by Crippen LogP contribution is 2.20. The van der Waals surface area contributed by atoms with Gasteiger partial charge < -0.3 is 11.1 Å². The zero-order valence-corrected chi connectivity index (χ0v) is 14.8. The molecule has 2 rings (SSSR count). The van der Waals surface area contributed by atoms with Crippen molar-refractivity contribution in [2.24, 2.45) is 5.73 Å². The van der Waals surface area contributed by atoms with Crippen LogP contribution >= 0.6 is 28.7 Å². The molecule has 0 radical (unpaired) electrons. The van der Waals surface area contributed by atoms with Crippen molar-refractivity contribution in [3.05, 3.63) is 64.1 Å². The molecule has 1 atom stereocenters. The molecule has 0 saturated carbocycles. The van der Waals surface area contributed by atoms with Crippen molar-refractivity contribution < 1.29 is 9.59 Å². The zero-order valence-electron chi connectivity index (χ0n) is 12.4. The maximum Gasteiger partial charge on any atom is 0.332 e. The summed E-state index contributed by atoms with van der Waals surface area (Å²) in [6.07, 6.45) is 0. The van der Waals surface area contributed by atoms with Gasteiger partial charge in [-0.3, -0.25) is 4.79 Å². The topological polar surface area (TPSA) is 75.4 Å². The smallest absolute Gasteiger partial charge is 0.332 e. The Morgan fingerprint density at radius 3 is 2.22 bits per heavy atom. The van der Waals surface area contributed by atoms with E-state index in [-0.39, 0.29) is 12.1 Å². The first-order valence-electron chi connectivity index (χ1n) is 6.83. The van der Waals surface area contributed by atoms with Crippen molar-refractivity contribution in [1.82, 2.24) is 5.32 Å². The Kier molecular flexibility index (Phi) is 5.68. The van der Waals surface area contributed by atoms with Crippen LogP contribution < -0.4 is 15.4 Å². The molecule has 0 spiro atoms. The van der Waals surface area contributed by atoms with Gasteiger partial charge >= 0.3 is 6.03 Å². The number of benzene rings is 2. The highest BCUT2D eigenvalue weighted by atomic mass is 79.9. The van der Waals surface area contributed by atoms with E-state index >= 15 is 0 Å². The Labute approximate surface area is 148 Å². The number of hydrogen-bond acceptors (Lipinski definition) is 3. The molecule has 5 nitrogen and oxygen atoms in total. The van der Waals surface area contributed by atoms with Crippen LogP contribution in [0.2, 0.25) is 0 Å². The number of rotatable bonds is 4. The summed E-state index contributed by atoms with van der Waals surface area (Å²) in [5, 5.41) is 2.85. The minimum atomic E-state index is -0.518. The van der Waals surface area contributed by atoms with Crippen molar-refractivity contribution in [3.8, 4) is 0 Å². The Morgan fingerprint density at radius 2 is 1.70 bits per heavy atom. The van der Waals surface area contributed by atoms with Gasteiger partial charge in [0.05, 0.1) is 11.7 Å². The van der Waals surface area contributed by atoms with Crippen LogP contribution in [0.15, 0.2) is 53.0 Å². The monoisotopic (exact) mass is 393 g/mol. The molecule has 0 fully saturated rings. The third-order valence-corrected chi connectivity index (χ3v) is 4.24. The van der Waals surface area contributed by atoms with Gasteiger partial charge in [-0.15, -0.1) is 0 Å². The number of nitrogens with one attached hydrogen (secondary N) is 1. The fourth-order valence-corrected chi connectivity index (χ4v) is 2.42. The van der Waals surface area contributed by atoms with E-state index < -0.39 is 5.91 Å². The van der Waals surface area contributed by atoms with Crippen LogP contribution in [0.25, 0.3) is 0 Å². The number of halogens is 1. The molecule has 1 unspecified atom stereocenters. The Morgan fingerprint density at radius 1 is 1.13 bits per heavy atom. The molecular formula is C16H16BrN3O2S. The first-order chi connectivity index (χ1) is 10.9. The standard InChI is InChI=1S/C16H16BrN3O2S/c1-10(11-2-6-13(17)7-3-11)19-16(22)20(23)14-8-4-12(5-9-14)15(18)21/h2-10,23H,1H3,(H2,18,21)(H,19,22). The van der Waals surface area contributed by atoms with Crippen molar-refractivity contribution >= 4 is 46.4 Å². The normalized spacial score (nSPS) is 11.6. The molecule has 0 aliphatic carbocycles. The molecule has 3 amide bonds. The molecule has 0 aromatic heterocycles. The number of primary amides is 1. The quantitative estimate of drug-likeness (QED) is 0.693. The summed E-state index contributed by atoms with van der Waals surface area (Å²) < 4.78 is 2.16. The Balaban J connectivity index is 2.04. The average Bonchev–Trinajstić information content (AvgIpc) is 2.54. The maximum absolute atomic E-state index is 12.3. The van der Waals surface area contributed by atoms with Crippen LogP contribution in [0.3, 0.4) is 0 Å². The van der Waals surface area contributed by atoms with Crippen molar-refractivity contribution in [3.63, 3.8) is 0 Å². The zero-order chi connectivity index (χ0) is 17.0. The van der Waals surface area contributed by atoms with E-state index in [4.69, 9.17) is 5.73 Å². The summed E-state index contributed by atoms with van der Waals surface area (Å²) in [6, 6.07) is 13.5. The van der Waals surface area contributed by atoms with Gasteiger partial charge in [-0.25, -0.2) is 9.10 Å². The second-order valence-electron chi connectivity index (χ2n) is 4.95. The van der Waals surface area contributed by atoms with Crippen molar-refractivity contribution in [2.45, 2.75) is 13.0 Å². The van der Waals surface area contributed by atoms with Crippen LogP contribution in [0.4, 0.5) is 10.5 Å². The minimum Gasteiger partial charge on any atom is -0.366 e. The lowest BCUT2D eigenvalue weighted by Crippen LogP contribution is -2.35. The summed E-state index contributed by atoms with van der Waals surface area (Å²) in [5.41, 5.74) is 7.08. The highest BCUT2D eigenvalue weighted by Gasteiger charge is 2.16. The van der Waals surface area contributed by atoms with E-state index in [0.29, 0.717) is 11.3 Å². The second-order valence-corrected chi connectivity index (χ2v) is 6.26. The molecule has 0 aliphatic heterocycles. The lowest BCUT2D eigenvalue weighted by atomic mass is 10.1. The fourth-order valence-electron chi connectivity index (χ4n) is 1.97. The molecule has 3 N–H and O–H groups in total. The number of amides is 3. The largest absolute Gasteiger partial charge is 0.366 e. The molecular weight excluding hydrogens is 378 g/mol. The maximum atomic E-state index is 12.3. The number of carbonyl (C=O) groups is 2. The van der Waals surface area contributed by atoms with Gasteiger partial charge in [0, 0.05) is 10.0 Å². The van der Waals surface area contributed by atoms with E-state index in [1.807, 2.05) is 31.2 Å². The molecule has 0 aliphatic rings. The summed E-state index contributed by atoms with van der Waals surface area (Å²) >= 11 is 7.58. The predicted octanol–water partition coefficient (Wildman–Crippen LogP) is 3.67. The van der Waals surface area contributed by atoms with E-state index in [1.165, 1.54) is 4.31 Å². The molecule has 2 aromatic rings. The summed E-state index contributed by atoms with van der Waals surface area (Å²) in [7, 11) is 0. The molecule has 23 heavy (non-hydrogen) atoms. The lowest BCUT2D eigenvalue weighted by Gasteiger charge is -2.20. The number of anilines is 1. The Hall–Kier alpha value is -1.99. The third kappa shape index (κ3) is 4.49. The number of carbonyl (C=O) groups excluding carboxylic acids is 2. The summed E-state index contributed by atoms with van der Waals surface area (Å²) in [6.45, 7) is 1.89. The van der Waals surface area contributed by atoms with E-state index in [9.17, 15) is 9.59 Å². The van der Waals surface area contributed by atoms with E-state index in [1.54, 1.807) is 24.3 Å². The minimum absolute atomic E-state index is 0.171. The SMILES string of the molecule is CC(NC(=O)N(S)c1ccc(C(N)=O)cc1)c1ccc(Br)cc1. The van der Waals surface area contributed by atoms with Gasteiger partial charge in [0.15, 0.2) is 0 Å². The van der Waals surface area contributed by atoms with Gasteiger partial charge in [-0.1, -0.05) is 40.9 Å². The summed E-state index contributed by atoms with van der Waals surface area (Å²) in [5.74, 6) is -0.518. The van der Waals surface area contributed by atoms with Gasteiger partial charge in [0.1, 0.15) is 0 Å². The summed E-state index contributed by atoms with van der Waals surface area (Å²) in [4.78, 5) is 23.3. The van der Waals surface area contributed by atoms with Crippen molar-refractivity contribution in [1.29, 1.82) is 0 Å². The molecule has 0 bridgehead atoms. The fraction of sp³-hybridized carbons (Fsp3) is 0.125. The van der Waals surface area contributed by atoms with Crippen LogP contribution in [0.1, 0.15) is 28.9 Å². The second kappa shape index (κ2) is 7.52. The highest BCUT2D eigenvalue weighted by molar-refractivity contribution is 9.10. The third-order valence-electron chi connectivity index (χ3n) is 3.30. The first-order valence-corrected chi connectivity index (χ1v) is 8.02. The predicted molar refractivity (Wildman–Crippen MR) is 97.5 cm³/mol. The lowest BCUT2D eigenvalue weighted by molar-refractivity contribution is 0.100. The van der Waals surface area contributed by atoms with Gasteiger partial charge in [0.2, 0.25) is 5.91 Å². The average molecular weight is 394 g/mol. The van der Waals surface area contributed by atoms with Crippen LogP contribution in [-0.2, 0) is 0 Å². The number of nitrogens with zero attached hydrogens (tertiary/aromatic N) is 1. The van der Waals surface area contributed by atoms with Gasteiger partial charge in [-0.05, 0) is 48.9 Å². The number of hydrogen-bond donors (Lipinski definition) is 3. The first kappa shape index (κ1) is 17.4. The number of thiol groups is 1. The number of urea groups is 1. The molecule has 0 saturated heterocycles. The van der Waals surface area contributed by atoms with Crippen LogP contribution in [0, 0.1) is 0 Å². The molecule has 2 aromatic carbocycles. The number of nitrogens with two attached hydrogens (primary N) is 1.